The van der Waals surface area contributed by atoms with Crippen molar-refractivity contribution in [2.24, 2.45) is 17.2 Å². The molecule has 0 aliphatic carbocycles. The molecule has 0 saturated carbocycles. The molecule has 33 heavy (non-hydrogen) atoms. The average molecular weight is 548 g/mol. The van der Waals surface area contributed by atoms with Crippen LogP contribution in [0.1, 0.15) is 34.8 Å². The summed E-state index contributed by atoms with van der Waals surface area (Å²) >= 11 is 0. The van der Waals surface area contributed by atoms with Crippen LogP contribution in [0, 0.1) is 0 Å². The molecule has 0 aliphatic heterocycles. The molecule has 9 heteroatoms. The van der Waals surface area contributed by atoms with Crippen LogP contribution in [0.25, 0.3) is 0 Å². The Morgan fingerprint density at radius 3 is 0.788 bits per heavy atom. The summed E-state index contributed by atoms with van der Waals surface area (Å²) in [6, 6.07) is 27.9. The van der Waals surface area contributed by atoms with Crippen LogP contribution in [0.3, 0.4) is 0 Å². The number of benzene rings is 3. The van der Waals surface area contributed by atoms with Gasteiger partial charge in [-0.05, 0) is 16.7 Å². The maximum absolute atomic E-state index is 8.66. The molecule has 0 heterocycles. The summed E-state index contributed by atoms with van der Waals surface area (Å²) < 4.78 is 0. The Kier molecular flexibility index (Phi) is 24.6. The molecule has 0 aromatic heterocycles. The molecule has 0 saturated heterocycles. The molecule has 0 amide bonds. The fraction of sp³-hybridized carbons (Fsp3) is 0.250. The molecule has 0 spiro atoms. The van der Waals surface area contributed by atoms with E-state index in [4.69, 9.17) is 32.5 Å². The number of hydrogen-bond donors (Lipinski definition) is 6. The summed E-state index contributed by atoms with van der Waals surface area (Å²) in [5.41, 5.74) is 19.6. The number of nitrogens with two attached hydrogens (primary N) is 3. The molecule has 3 rings (SSSR count). The third-order valence-electron chi connectivity index (χ3n) is 4.27. The number of aliphatic hydroxyl groups excluding tert-OH is 3. The van der Waals surface area contributed by atoms with Gasteiger partial charge in [-0.25, -0.2) is 0 Å². The Balaban J connectivity index is -0.000000391. The van der Waals surface area contributed by atoms with Crippen molar-refractivity contribution in [1.29, 1.82) is 0 Å². The summed E-state index contributed by atoms with van der Waals surface area (Å²) in [7, 11) is 0. The van der Waals surface area contributed by atoms with E-state index >= 15 is 0 Å². The summed E-state index contributed by atoms with van der Waals surface area (Å²) in [5, 5.41) is 26.0. The molecule has 9 N–H and O–H groups in total. The maximum Gasteiger partial charge on any atom is 2.00 e. The van der Waals surface area contributed by atoms with Crippen molar-refractivity contribution < 1.29 is 59.6 Å². The molecule has 6 nitrogen and oxygen atoms in total. The van der Waals surface area contributed by atoms with Crippen LogP contribution in [0.2, 0.25) is 0 Å². The van der Waals surface area contributed by atoms with Gasteiger partial charge in [0.1, 0.15) is 0 Å². The van der Waals surface area contributed by atoms with E-state index in [0.29, 0.717) is 0 Å². The normalized spacial score (nSPS) is 11.8. The van der Waals surface area contributed by atoms with Crippen molar-refractivity contribution in [2.45, 2.75) is 18.1 Å². The van der Waals surface area contributed by atoms with Crippen LogP contribution in [0.4, 0.5) is 0 Å². The van der Waals surface area contributed by atoms with Gasteiger partial charge >= 0.3 is 19.5 Å². The monoisotopic (exact) mass is 545 g/mol. The van der Waals surface area contributed by atoms with E-state index in [0.717, 1.165) is 16.7 Å². The maximum atomic E-state index is 8.66. The van der Waals surface area contributed by atoms with E-state index in [1.165, 1.54) is 0 Å². The Morgan fingerprint density at radius 1 is 0.455 bits per heavy atom. The predicted molar refractivity (Wildman–Crippen MR) is 121 cm³/mol. The Bertz CT molecular complexity index is 683. The minimum Gasteiger partial charge on any atom is -1.00 e. The first-order valence-corrected chi connectivity index (χ1v) is 9.77. The van der Waals surface area contributed by atoms with Gasteiger partial charge in [0.25, 0.3) is 0 Å². The fourth-order valence-corrected chi connectivity index (χ4v) is 2.42. The van der Waals surface area contributed by atoms with Gasteiger partial charge in [0.15, 0.2) is 0 Å². The van der Waals surface area contributed by atoms with E-state index in [1.807, 2.05) is 91.0 Å². The van der Waals surface area contributed by atoms with E-state index in [2.05, 4.69) is 0 Å². The van der Waals surface area contributed by atoms with Crippen molar-refractivity contribution in [3.05, 3.63) is 108 Å². The second kappa shape index (κ2) is 22.4. The Hall–Kier alpha value is -1.38. The SMILES string of the molecule is N[C@H](CO)c1ccccc1.N[C@H](CO)c1ccccc1.N[C@H](CO)c1ccccc1.[Cl-].[Cl-].[Zn+2]. The van der Waals surface area contributed by atoms with E-state index in [9.17, 15) is 0 Å². The van der Waals surface area contributed by atoms with Crippen LogP contribution < -0.4 is 42.0 Å². The van der Waals surface area contributed by atoms with Crippen molar-refractivity contribution in [2.75, 3.05) is 19.8 Å². The van der Waals surface area contributed by atoms with Crippen LogP contribution in [-0.2, 0) is 19.5 Å². The average Bonchev–Trinajstić information content (AvgIpc) is 2.85. The van der Waals surface area contributed by atoms with E-state index < -0.39 is 0 Å². The third-order valence-corrected chi connectivity index (χ3v) is 4.27. The first-order chi connectivity index (χ1) is 14.5. The second-order valence-corrected chi connectivity index (χ2v) is 6.60. The molecule has 0 fully saturated rings. The molecular formula is C24H33Cl2N3O3Zn. The van der Waals surface area contributed by atoms with Crippen LogP contribution in [0.15, 0.2) is 91.0 Å². The van der Waals surface area contributed by atoms with Gasteiger partial charge in [0.2, 0.25) is 0 Å². The standard InChI is InChI=1S/3C8H11NO.2ClH.Zn/c3*9-8(6-10)7-4-2-1-3-5-7;;;/h3*1-5,8,10H,6,9H2;2*1H;/q;;;;;+2/p-2/t3*8-;;;/m111.../s1. The zero-order chi connectivity index (χ0) is 22.2. The van der Waals surface area contributed by atoms with Gasteiger partial charge in [-0.15, -0.1) is 0 Å². The summed E-state index contributed by atoms with van der Waals surface area (Å²) in [4.78, 5) is 0. The Labute approximate surface area is 221 Å². The van der Waals surface area contributed by atoms with Crippen LogP contribution >= 0.6 is 0 Å². The van der Waals surface area contributed by atoms with Gasteiger partial charge < -0.3 is 57.3 Å². The summed E-state index contributed by atoms with van der Waals surface area (Å²) in [6.45, 7) is 0.0119. The van der Waals surface area contributed by atoms with E-state index in [1.54, 1.807) is 0 Å². The van der Waals surface area contributed by atoms with Gasteiger partial charge in [0.05, 0.1) is 37.9 Å². The zero-order valence-electron chi connectivity index (χ0n) is 18.6. The number of halogens is 2. The second-order valence-electron chi connectivity index (χ2n) is 6.60. The molecule has 3 aromatic rings. The quantitative estimate of drug-likeness (QED) is 0.174. The predicted octanol–water partition coefficient (Wildman–Crippen LogP) is -3.96. The van der Waals surface area contributed by atoms with Gasteiger partial charge in [-0.3, -0.25) is 0 Å². The molecule has 3 aromatic carbocycles. The number of aliphatic hydroxyl groups is 3. The minimum atomic E-state index is -0.235. The molecule has 178 valence electrons. The Morgan fingerprint density at radius 2 is 0.636 bits per heavy atom. The van der Waals surface area contributed by atoms with E-state index in [-0.39, 0.29) is 82.2 Å². The van der Waals surface area contributed by atoms with Crippen molar-refractivity contribution in [3.63, 3.8) is 0 Å². The largest absolute Gasteiger partial charge is 2.00 e. The minimum absolute atomic E-state index is 0. The van der Waals surface area contributed by atoms with Gasteiger partial charge in [-0.1, -0.05) is 91.0 Å². The van der Waals surface area contributed by atoms with Gasteiger partial charge in [-0.2, -0.15) is 0 Å². The number of rotatable bonds is 6. The molecule has 3 atom stereocenters. The van der Waals surface area contributed by atoms with Crippen molar-refractivity contribution >= 4 is 0 Å². The zero-order valence-corrected chi connectivity index (χ0v) is 23.0. The summed E-state index contributed by atoms with van der Waals surface area (Å²) in [6.07, 6.45) is 0. The first-order valence-electron chi connectivity index (χ1n) is 9.77. The van der Waals surface area contributed by atoms with Crippen LogP contribution in [0.5, 0.6) is 0 Å². The van der Waals surface area contributed by atoms with Crippen molar-refractivity contribution in [3.8, 4) is 0 Å². The number of hydrogen-bond acceptors (Lipinski definition) is 6. The fourth-order valence-electron chi connectivity index (χ4n) is 2.42. The topological polar surface area (TPSA) is 139 Å². The van der Waals surface area contributed by atoms with Gasteiger partial charge in [0, 0.05) is 0 Å². The molecule has 0 radical (unpaired) electrons. The first kappa shape index (κ1) is 36.2. The molecular weight excluding hydrogens is 515 g/mol. The third kappa shape index (κ3) is 15.2. The molecule has 0 unspecified atom stereocenters. The molecule has 0 aliphatic rings. The van der Waals surface area contributed by atoms with Crippen LogP contribution in [-0.4, -0.2) is 35.1 Å². The summed E-state index contributed by atoms with van der Waals surface area (Å²) in [5.74, 6) is 0. The molecule has 0 bridgehead atoms. The van der Waals surface area contributed by atoms with Crippen molar-refractivity contribution in [1.82, 2.24) is 0 Å². The smallest absolute Gasteiger partial charge is 1.00 e.